The standard InChI is InChI=1S/C21H28N6O2/c1-12(28)16-9-8-15-19(25-26(5)20(15)22-16)23-18-11-17(13-6-7-14(29)10-13)24-27(18)21(2,3)4/h8-9,11,13-14,29H,6-7,10H2,1-5H3,(H,23,25)/t13-,14+/m0/s1. The van der Waals surface area contributed by atoms with Crippen molar-refractivity contribution in [3.63, 3.8) is 0 Å². The van der Waals surface area contributed by atoms with E-state index in [2.05, 4.69) is 42.2 Å². The topological polar surface area (TPSA) is 97.9 Å². The molecule has 0 amide bonds. The van der Waals surface area contributed by atoms with E-state index in [1.807, 2.05) is 17.8 Å². The lowest BCUT2D eigenvalue weighted by Crippen LogP contribution is -2.24. The van der Waals surface area contributed by atoms with Gasteiger partial charge in [0, 0.05) is 26.0 Å². The Hall–Kier alpha value is -2.74. The van der Waals surface area contributed by atoms with Crippen LogP contribution in [0.2, 0.25) is 0 Å². The molecule has 154 valence electrons. The Bertz CT molecular complexity index is 1070. The number of anilines is 2. The molecule has 0 unspecified atom stereocenters. The number of rotatable bonds is 4. The fourth-order valence-corrected chi connectivity index (χ4v) is 3.97. The quantitative estimate of drug-likeness (QED) is 0.655. The number of pyridine rings is 1. The van der Waals surface area contributed by atoms with Gasteiger partial charge in [-0.1, -0.05) is 0 Å². The maximum absolute atomic E-state index is 11.7. The third-order valence-electron chi connectivity index (χ3n) is 5.48. The summed E-state index contributed by atoms with van der Waals surface area (Å²) in [6.07, 6.45) is 2.29. The van der Waals surface area contributed by atoms with Crippen LogP contribution in [-0.4, -0.2) is 41.5 Å². The maximum atomic E-state index is 11.7. The van der Waals surface area contributed by atoms with E-state index in [1.54, 1.807) is 10.7 Å². The summed E-state index contributed by atoms with van der Waals surface area (Å²) >= 11 is 0. The average molecular weight is 396 g/mol. The molecule has 2 N–H and O–H groups in total. The third-order valence-corrected chi connectivity index (χ3v) is 5.48. The van der Waals surface area contributed by atoms with Crippen molar-refractivity contribution in [1.82, 2.24) is 24.5 Å². The molecule has 1 aliphatic carbocycles. The lowest BCUT2D eigenvalue weighted by molar-refractivity contribution is 0.101. The van der Waals surface area contributed by atoms with Gasteiger partial charge in [-0.2, -0.15) is 10.2 Å². The van der Waals surface area contributed by atoms with Crippen LogP contribution < -0.4 is 5.32 Å². The number of nitrogens with one attached hydrogen (secondary N) is 1. The summed E-state index contributed by atoms with van der Waals surface area (Å²) in [5.41, 5.74) is 1.86. The Kier molecular flexibility index (Phi) is 4.69. The largest absolute Gasteiger partial charge is 0.393 e. The second-order valence-corrected chi connectivity index (χ2v) is 8.92. The summed E-state index contributed by atoms with van der Waals surface area (Å²) in [6, 6.07) is 5.66. The highest BCUT2D eigenvalue weighted by atomic mass is 16.3. The molecule has 0 radical (unpaired) electrons. The molecular weight excluding hydrogens is 368 g/mol. The zero-order chi connectivity index (χ0) is 20.9. The first-order chi connectivity index (χ1) is 13.6. The number of hydrogen-bond donors (Lipinski definition) is 2. The van der Waals surface area contributed by atoms with Crippen molar-refractivity contribution in [1.29, 1.82) is 0 Å². The number of aromatic nitrogens is 5. The number of fused-ring (bicyclic) bond motifs is 1. The Labute approximate surface area is 169 Å². The van der Waals surface area contributed by atoms with Crippen LogP contribution in [0.15, 0.2) is 18.2 Å². The van der Waals surface area contributed by atoms with Gasteiger partial charge in [-0.25, -0.2) is 14.3 Å². The van der Waals surface area contributed by atoms with Crippen LogP contribution in [0.1, 0.15) is 69.1 Å². The molecule has 3 aromatic rings. The summed E-state index contributed by atoms with van der Waals surface area (Å²) in [7, 11) is 1.82. The number of ketones is 1. The molecule has 1 aliphatic rings. The first-order valence-electron chi connectivity index (χ1n) is 10.0. The van der Waals surface area contributed by atoms with Crippen molar-refractivity contribution in [2.24, 2.45) is 7.05 Å². The molecule has 8 heteroatoms. The predicted octanol–water partition coefficient (Wildman–Crippen LogP) is 3.49. The van der Waals surface area contributed by atoms with Crippen LogP contribution in [0, 0.1) is 0 Å². The summed E-state index contributed by atoms with van der Waals surface area (Å²) in [4.78, 5) is 16.1. The van der Waals surface area contributed by atoms with Crippen molar-refractivity contribution < 1.29 is 9.90 Å². The van der Waals surface area contributed by atoms with E-state index < -0.39 is 0 Å². The molecule has 4 rings (SSSR count). The minimum atomic E-state index is -0.238. The van der Waals surface area contributed by atoms with Crippen molar-refractivity contribution in [3.8, 4) is 0 Å². The molecule has 0 aliphatic heterocycles. The zero-order valence-electron chi connectivity index (χ0n) is 17.6. The van der Waals surface area contributed by atoms with Crippen molar-refractivity contribution >= 4 is 28.5 Å². The van der Waals surface area contributed by atoms with E-state index in [0.717, 1.165) is 36.2 Å². The van der Waals surface area contributed by atoms with Crippen LogP contribution in [0.3, 0.4) is 0 Å². The number of Topliss-reactive ketones (excluding diaryl/α,β-unsaturated/α-hetero) is 1. The average Bonchev–Trinajstić information content (AvgIpc) is 3.33. The van der Waals surface area contributed by atoms with Gasteiger partial charge in [-0.3, -0.25) is 4.79 Å². The van der Waals surface area contributed by atoms with Crippen molar-refractivity contribution in [2.45, 2.75) is 64.5 Å². The van der Waals surface area contributed by atoms with Gasteiger partial charge < -0.3 is 10.4 Å². The second-order valence-electron chi connectivity index (χ2n) is 8.92. The number of hydrogen-bond acceptors (Lipinski definition) is 6. The van der Waals surface area contributed by atoms with E-state index in [4.69, 9.17) is 5.10 Å². The summed E-state index contributed by atoms with van der Waals surface area (Å²) in [6.45, 7) is 7.83. The highest BCUT2D eigenvalue weighted by Gasteiger charge is 2.29. The van der Waals surface area contributed by atoms with Crippen LogP contribution >= 0.6 is 0 Å². The fourth-order valence-electron chi connectivity index (χ4n) is 3.97. The Morgan fingerprint density at radius 2 is 2.00 bits per heavy atom. The minimum absolute atomic E-state index is 0.0724. The van der Waals surface area contributed by atoms with E-state index in [0.29, 0.717) is 17.2 Å². The van der Waals surface area contributed by atoms with Crippen LogP contribution in [0.5, 0.6) is 0 Å². The lowest BCUT2D eigenvalue weighted by Gasteiger charge is -2.22. The minimum Gasteiger partial charge on any atom is -0.393 e. The SMILES string of the molecule is CC(=O)c1ccc2c(Nc3cc([C@H]4CC[C@@H](O)C4)nn3C(C)(C)C)nn(C)c2n1. The number of carbonyl (C=O) groups excluding carboxylic acids is 1. The van der Waals surface area contributed by atoms with Gasteiger partial charge in [-0.05, 0) is 52.2 Å². The number of nitrogens with zero attached hydrogens (tertiary/aromatic N) is 5. The summed E-state index contributed by atoms with van der Waals surface area (Å²) in [5, 5.41) is 23.6. The van der Waals surface area contributed by atoms with Crippen LogP contribution in [-0.2, 0) is 12.6 Å². The predicted molar refractivity (Wildman–Crippen MR) is 112 cm³/mol. The van der Waals surface area contributed by atoms with Gasteiger partial charge in [0.2, 0.25) is 0 Å². The van der Waals surface area contributed by atoms with Crippen molar-refractivity contribution in [3.05, 3.63) is 29.6 Å². The van der Waals surface area contributed by atoms with Crippen LogP contribution in [0.25, 0.3) is 11.0 Å². The molecular formula is C21H28N6O2. The molecule has 3 heterocycles. The molecule has 0 spiro atoms. The molecule has 1 fully saturated rings. The molecule has 2 atom stereocenters. The highest BCUT2D eigenvalue weighted by Crippen LogP contribution is 2.37. The summed E-state index contributed by atoms with van der Waals surface area (Å²) < 4.78 is 3.65. The smallest absolute Gasteiger partial charge is 0.178 e. The molecule has 29 heavy (non-hydrogen) atoms. The van der Waals surface area contributed by atoms with Gasteiger partial charge in [0.15, 0.2) is 17.2 Å². The fraction of sp³-hybridized carbons (Fsp3) is 0.524. The zero-order valence-corrected chi connectivity index (χ0v) is 17.6. The number of aryl methyl sites for hydroxylation is 1. The van der Waals surface area contributed by atoms with Crippen LogP contribution in [0.4, 0.5) is 11.6 Å². The van der Waals surface area contributed by atoms with Gasteiger partial charge in [-0.15, -0.1) is 0 Å². The van der Waals surface area contributed by atoms with Gasteiger partial charge in [0.05, 0.1) is 22.7 Å². The monoisotopic (exact) mass is 396 g/mol. The normalized spacial score (nSPS) is 19.8. The molecule has 0 saturated heterocycles. The lowest BCUT2D eigenvalue weighted by atomic mass is 10.0. The first kappa shape index (κ1) is 19.6. The molecule has 0 bridgehead atoms. The van der Waals surface area contributed by atoms with E-state index >= 15 is 0 Å². The van der Waals surface area contributed by atoms with E-state index in [9.17, 15) is 9.90 Å². The van der Waals surface area contributed by atoms with E-state index in [-0.39, 0.29) is 23.3 Å². The Balaban J connectivity index is 1.74. The highest BCUT2D eigenvalue weighted by molar-refractivity contribution is 5.96. The third kappa shape index (κ3) is 3.64. The maximum Gasteiger partial charge on any atom is 0.178 e. The Morgan fingerprint density at radius 3 is 2.62 bits per heavy atom. The number of aliphatic hydroxyl groups is 1. The van der Waals surface area contributed by atoms with Crippen molar-refractivity contribution in [2.75, 3.05) is 5.32 Å². The van der Waals surface area contributed by atoms with E-state index in [1.165, 1.54) is 6.92 Å². The van der Waals surface area contributed by atoms with Gasteiger partial charge in [0.1, 0.15) is 11.5 Å². The van der Waals surface area contributed by atoms with Gasteiger partial charge >= 0.3 is 0 Å². The summed E-state index contributed by atoms with van der Waals surface area (Å²) in [5.74, 6) is 1.73. The number of carbonyl (C=O) groups is 1. The molecule has 1 saturated carbocycles. The molecule has 8 nitrogen and oxygen atoms in total. The second kappa shape index (κ2) is 6.95. The molecule has 3 aromatic heterocycles. The molecule has 0 aromatic carbocycles. The van der Waals surface area contributed by atoms with Gasteiger partial charge in [0.25, 0.3) is 0 Å². The first-order valence-corrected chi connectivity index (χ1v) is 10.0. The number of aliphatic hydroxyl groups excluding tert-OH is 1. The Morgan fingerprint density at radius 1 is 1.24 bits per heavy atom.